The Hall–Kier alpha value is -1.02. The zero-order valence-corrected chi connectivity index (χ0v) is 12.6. The summed E-state index contributed by atoms with van der Waals surface area (Å²) in [6.45, 7) is 11.1. The molecule has 0 aliphatic rings. The summed E-state index contributed by atoms with van der Waals surface area (Å²) in [6, 6.07) is 6.32. The Morgan fingerprint density at radius 2 is 1.89 bits per heavy atom. The van der Waals surface area contributed by atoms with Crippen LogP contribution in [0.5, 0.6) is 5.75 Å². The molecule has 0 heterocycles. The average Bonchev–Trinajstić information content (AvgIpc) is 2.27. The van der Waals surface area contributed by atoms with Gasteiger partial charge >= 0.3 is 0 Å². The van der Waals surface area contributed by atoms with Gasteiger partial charge in [-0.25, -0.2) is 0 Å². The molecule has 102 valence electrons. The van der Waals surface area contributed by atoms with Gasteiger partial charge < -0.3 is 10.5 Å². The van der Waals surface area contributed by atoms with E-state index in [9.17, 15) is 0 Å². The Morgan fingerprint density at radius 1 is 1.28 bits per heavy atom. The first-order valence-corrected chi connectivity index (χ1v) is 6.65. The Labute approximate surface area is 112 Å². The molecular formula is C16H27NO. The molecule has 0 aromatic heterocycles. The van der Waals surface area contributed by atoms with Crippen molar-refractivity contribution in [1.29, 1.82) is 0 Å². The fourth-order valence-corrected chi connectivity index (χ4v) is 2.00. The second-order valence-electron chi connectivity index (χ2n) is 6.34. The second kappa shape index (κ2) is 5.75. The van der Waals surface area contributed by atoms with Gasteiger partial charge in [-0.05, 0) is 41.9 Å². The van der Waals surface area contributed by atoms with Crippen LogP contribution in [0.3, 0.4) is 0 Å². The van der Waals surface area contributed by atoms with Gasteiger partial charge in [-0.1, -0.05) is 39.8 Å². The summed E-state index contributed by atoms with van der Waals surface area (Å²) < 4.78 is 5.27. The second-order valence-corrected chi connectivity index (χ2v) is 6.34. The van der Waals surface area contributed by atoms with Gasteiger partial charge in [-0.3, -0.25) is 0 Å². The quantitative estimate of drug-likeness (QED) is 0.872. The van der Waals surface area contributed by atoms with Gasteiger partial charge in [0.25, 0.3) is 0 Å². The molecule has 1 rings (SSSR count). The molecule has 0 saturated heterocycles. The third-order valence-electron chi connectivity index (χ3n) is 3.93. The zero-order chi connectivity index (χ0) is 13.9. The van der Waals surface area contributed by atoms with Crippen molar-refractivity contribution in [1.82, 2.24) is 0 Å². The first kappa shape index (κ1) is 15.0. The lowest BCUT2D eigenvalue weighted by Crippen LogP contribution is -2.23. The molecule has 1 aromatic rings. The third kappa shape index (κ3) is 3.74. The first-order chi connectivity index (χ1) is 8.25. The minimum absolute atomic E-state index is 0.101. The molecule has 0 saturated carbocycles. The SMILES string of the molecule is COc1ccc(C(N)CC(C)C(C)(C)C)cc1C. The lowest BCUT2D eigenvalue weighted by molar-refractivity contribution is 0.234. The topological polar surface area (TPSA) is 35.2 Å². The fraction of sp³-hybridized carbons (Fsp3) is 0.625. The molecule has 0 bridgehead atoms. The number of rotatable bonds is 4. The van der Waals surface area contributed by atoms with E-state index in [2.05, 4.69) is 46.8 Å². The maximum atomic E-state index is 6.31. The lowest BCUT2D eigenvalue weighted by atomic mass is 9.77. The summed E-state index contributed by atoms with van der Waals surface area (Å²) in [5, 5.41) is 0. The molecule has 0 amide bonds. The number of hydrogen-bond donors (Lipinski definition) is 1. The standard InChI is InChI=1S/C16H27NO/c1-11-9-13(7-8-15(11)18-6)14(17)10-12(2)16(3,4)5/h7-9,12,14H,10,17H2,1-6H3. The van der Waals surface area contributed by atoms with Crippen LogP contribution in [0.4, 0.5) is 0 Å². The fourth-order valence-electron chi connectivity index (χ4n) is 2.00. The minimum atomic E-state index is 0.101. The molecule has 2 unspecified atom stereocenters. The highest BCUT2D eigenvalue weighted by molar-refractivity contribution is 5.37. The van der Waals surface area contributed by atoms with Crippen LogP contribution in [0.25, 0.3) is 0 Å². The van der Waals surface area contributed by atoms with E-state index in [1.807, 2.05) is 6.07 Å². The number of benzene rings is 1. The summed E-state index contributed by atoms with van der Waals surface area (Å²) in [5.74, 6) is 1.52. The molecule has 2 nitrogen and oxygen atoms in total. The summed E-state index contributed by atoms with van der Waals surface area (Å²) in [7, 11) is 1.70. The summed E-state index contributed by atoms with van der Waals surface area (Å²) in [6.07, 6.45) is 1.01. The van der Waals surface area contributed by atoms with Crippen molar-refractivity contribution in [3.05, 3.63) is 29.3 Å². The van der Waals surface area contributed by atoms with Crippen molar-refractivity contribution in [2.75, 3.05) is 7.11 Å². The van der Waals surface area contributed by atoms with Gasteiger partial charge in [0.15, 0.2) is 0 Å². The van der Waals surface area contributed by atoms with Crippen LogP contribution >= 0.6 is 0 Å². The van der Waals surface area contributed by atoms with E-state index in [0.717, 1.165) is 17.7 Å². The van der Waals surface area contributed by atoms with Crippen LogP contribution in [0, 0.1) is 18.3 Å². The molecule has 1 aromatic carbocycles. The molecule has 2 atom stereocenters. The van der Waals surface area contributed by atoms with Gasteiger partial charge in [-0.15, -0.1) is 0 Å². The molecule has 0 fully saturated rings. The third-order valence-corrected chi connectivity index (χ3v) is 3.93. The molecule has 0 aliphatic carbocycles. The van der Waals surface area contributed by atoms with Crippen LogP contribution in [-0.2, 0) is 0 Å². The van der Waals surface area contributed by atoms with E-state index in [4.69, 9.17) is 10.5 Å². The highest BCUT2D eigenvalue weighted by Crippen LogP contribution is 2.33. The van der Waals surface area contributed by atoms with Gasteiger partial charge in [0.05, 0.1) is 7.11 Å². The Balaban J connectivity index is 2.79. The van der Waals surface area contributed by atoms with Crippen molar-refractivity contribution < 1.29 is 4.74 Å². The normalized spacial score (nSPS) is 15.3. The molecule has 2 heteroatoms. The minimum Gasteiger partial charge on any atom is -0.496 e. The van der Waals surface area contributed by atoms with Crippen molar-refractivity contribution in [3.8, 4) is 5.75 Å². The maximum Gasteiger partial charge on any atom is 0.121 e. The Morgan fingerprint density at radius 3 is 2.33 bits per heavy atom. The van der Waals surface area contributed by atoms with Gasteiger partial charge in [0, 0.05) is 6.04 Å². The molecular weight excluding hydrogens is 222 g/mol. The van der Waals surface area contributed by atoms with E-state index in [-0.39, 0.29) is 6.04 Å². The monoisotopic (exact) mass is 249 g/mol. The van der Waals surface area contributed by atoms with E-state index in [1.165, 1.54) is 5.56 Å². The molecule has 0 radical (unpaired) electrons. The van der Waals surface area contributed by atoms with E-state index in [0.29, 0.717) is 11.3 Å². The summed E-state index contributed by atoms with van der Waals surface area (Å²) >= 11 is 0. The molecule has 0 spiro atoms. The first-order valence-electron chi connectivity index (χ1n) is 6.65. The number of hydrogen-bond acceptors (Lipinski definition) is 2. The highest BCUT2D eigenvalue weighted by atomic mass is 16.5. The smallest absolute Gasteiger partial charge is 0.121 e. The van der Waals surface area contributed by atoms with Gasteiger partial charge in [-0.2, -0.15) is 0 Å². The number of nitrogens with two attached hydrogens (primary N) is 1. The number of ether oxygens (including phenoxy) is 1. The maximum absolute atomic E-state index is 6.31. The zero-order valence-electron chi connectivity index (χ0n) is 12.6. The largest absolute Gasteiger partial charge is 0.496 e. The summed E-state index contributed by atoms with van der Waals surface area (Å²) in [4.78, 5) is 0. The molecule has 2 N–H and O–H groups in total. The van der Waals surface area contributed by atoms with Crippen LogP contribution < -0.4 is 10.5 Å². The van der Waals surface area contributed by atoms with Gasteiger partial charge in [0.2, 0.25) is 0 Å². The predicted octanol–water partition coefficient (Wildman–Crippen LogP) is 4.08. The van der Waals surface area contributed by atoms with Crippen molar-refractivity contribution >= 4 is 0 Å². The molecule has 0 aliphatic heterocycles. The molecule has 18 heavy (non-hydrogen) atoms. The van der Waals surface area contributed by atoms with Gasteiger partial charge in [0.1, 0.15) is 5.75 Å². The van der Waals surface area contributed by atoms with Crippen LogP contribution in [0.2, 0.25) is 0 Å². The van der Waals surface area contributed by atoms with E-state index >= 15 is 0 Å². The predicted molar refractivity (Wildman–Crippen MR) is 77.9 cm³/mol. The van der Waals surface area contributed by atoms with Crippen molar-refractivity contribution in [2.45, 2.75) is 47.1 Å². The lowest BCUT2D eigenvalue weighted by Gasteiger charge is -2.29. The Kier molecular flexibility index (Phi) is 4.80. The average molecular weight is 249 g/mol. The van der Waals surface area contributed by atoms with Crippen LogP contribution in [0.15, 0.2) is 18.2 Å². The Bertz CT molecular complexity index is 393. The van der Waals surface area contributed by atoms with Crippen LogP contribution in [-0.4, -0.2) is 7.11 Å². The van der Waals surface area contributed by atoms with Crippen molar-refractivity contribution in [3.63, 3.8) is 0 Å². The van der Waals surface area contributed by atoms with E-state index in [1.54, 1.807) is 7.11 Å². The van der Waals surface area contributed by atoms with Crippen LogP contribution in [0.1, 0.15) is 51.3 Å². The van der Waals surface area contributed by atoms with Crippen molar-refractivity contribution in [2.24, 2.45) is 17.1 Å². The highest BCUT2D eigenvalue weighted by Gasteiger charge is 2.22. The van der Waals surface area contributed by atoms with E-state index < -0.39 is 0 Å². The summed E-state index contributed by atoms with van der Waals surface area (Å²) in [5.41, 5.74) is 8.96. The number of aryl methyl sites for hydroxylation is 1. The number of methoxy groups -OCH3 is 1.